The Labute approximate surface area is 158 Å². The summed E-state index contributed by atoms with van der Waals surface area (Å²) in [6, 6.07) is 14.4. The first-order valence-corrected chi connectivity index (χ1v) is 9.44. The van der Waals surface area contributed by atoms with Crippen LogP contribution in [0, 0.1) is 5.82 Å². The molecule has 0 bridgehead atoms. The highest BCUT2D eigenvalue weighted by Gasteiger charge is 2.25. The standard InChI is InChI=1S/C21H24FN3O2/c22-18-5-3-4-17(16-18)21(26)25-10-8-23(9-11-25)19-6-1-2-7-20(19)24-12-14-27-15-13-24/h1-7,16H,8-15H2. The van der Waals surface area contributed by atoms with Crippen LogP contribution >= 0.6 is 0 Å². The Balaban J connectivity index is 1.44. The van der Waals surface area contributed by atoms with E-state index in [2.05, 4.69) is 34.1 Å². The summed E-state index contributed by atoms with van der Waals surface area (Å²) in [5.41, 5.74) is 2.85. The van der Waals surface area contributed by atoms with Crippen LogP contribution in [0.1, 0.15) is 10.4 Å². The molecule has 6 heteroatoms. The maximum Gasteiger partial charge on any atom is 0.254 e. The van der Waals surface area contributed by atoms with E-state index >= 15 is 0 Å². The van der Waals surface area contributed by atoms with E-state index in [4.69, 9.17) is 4.74 Å². The number of anilines is 2. The van der Waals surface area contributed by atoms with Crippen LogP contribution in [-0.2, 0) is 4.74 Å². The SMILES string of the molecule is O=C(c1cccc(F)c1)N1CCN(c2ccccc2N2CCOCC2)CC1. The van der Waals surface area contributed by atoms with Gasteiger partial charge < -0.3 is 19.4 Å². The number of nitrogens with zero attached hydrogens (tertiary/aromatic N) is 3. The molecule has 5 nitrogen and oxygen atoms in total. The minimum absolute atomic E-state index is 0.101. The van der Waals surface area contributed by atoms with E-state index < -0.39 is 0 Å². The lowest BCUT2D eigenvalue weighted by Gasteiger charge is -2.39. The molecule has 1 amide bonds. The Morgan fingerprint density at radius 3 is 2.07 bits per heavy atom. The number of hydrogen-bond acceptors (Lipinski definition) is 4. The molecule has 2 aliphatic rings. The highest BCUT2D eigenvalue weighted by Crippen LogP contribution is 2.30. The van der Waals surface area contributed by atoms with Gasteiger partial charge in [-0.1, -0.05) is 18.2 Å². The lowest BCUT2D eigenvalue weighted by molar-refractivity contribution is 0.0746. The molecule has 0 radical (unpaired) electrons. The highest BCUT2D eigenvalue weighted by atomic mass is 19.1. The summed E-state index contributed by atoms with van der Waals surface area (Å²) in [5.74, 6) is -0.477. The maximum absolute atomic E-state index is 13.4. The van der Waals surface area contributed by atoms with Gasteiger partial charge >= 0.3 is 0 Å². The van der Waals surface area contributed by atoms with Crippen molar-refractivity contribution in [2.24, 2.45) is 0 Å². The molecule has 4 rings (SSSR count). The van der Waals surface area contributed by atoms with Gasteiger partial charge in [0.1, 0.15) is 5.82 Å². The van der Waals surface area contributed by atoms with Crippen LogP contribution in [0.2, 0.25) is 0 Å². The summed E-state index contributed by atoms with van der Waals surface area (Å²) in [4.78, 5) is 19.1. The van der Waals surface area contributed by atoms with Crippen LogP contribution < -0.4 is 9.80 Å². The van der Waals surface area contributed by atoms with Crippen molar-refractivity contribution in [3.8, 4) is 0 Å². The number of hydrogen-bond donors (Lipinski definition) is 0. The molecule has 2 heterocycles. The molecule has 27 heavy (non-hydrogen) atoms. The van der Waals surface area contributed by atoms with Crippen LogP contribution in [0.25, 0.3) is 0 Å². The van der Waals surface area contributed by atoms with Gasteiger partial charge in [-0.15, -0.1) is 0 Å². The fraction of sp³-hybridized carbons (Fsp3) is 0.381. The van der Waals surface area contributed by atoms with Gasteiger partial charge in [-0.25, -0.2) is 4.39 Å². The maximum atomic E-state index is 13.4. The molecule has 2 saturated heterocycles. The normalized spacial score (nSPS) is 17.9. The van der Waals surface area contributed by atoms with Crippen molar-refractivity contribution >= 4 is 17.3 Å². The molecule has 2 aliphatic heterocycles. The summed E-state index contributed by atoms with van der Waals surface area (Å²) in [7, 11) is 0. The monoisotopic (exact) mass is 369 g/mol. The minimum Gasteiger partial charge on any atom is -0.378 e. The van der Waals surface area contributed by atoms with Gasteiger partial charge in [0.05, 0.1) is 24.6 Å². The lowest BCUT2D eigenvalue weighted by atomic mass is 10.1. The molecule has 2 fully saturated rings. The second-order valence-electron chi connectivity index (χ2n) is 6.88. The van der Waals surface area contributed by atoms with Crippen LogP contribution in [-0.4, -0.2) is 63.3 Å². The van der Waals surface area contributed by atoms with Gasteiger partial charge in [0.25, 0.3) is 5.91 Å². The Morgan fingerprint density at radius 1 is 0.815 bits per heavy atom. The van der Waals surface area contributed by atoms with E-state index in [-0.39, 0.29) is 11.7 Å². The molecule has 2 aromatic carbocycles. The predicted octanol–water partition coefficient (Wildman–Crippen LogP) is 2.62. The predicted molar refractivity (Wildman–Crippen MR) is 104 cm³/mol. The zero-order valence-electron chi connectivity index (χ0n) is 15.3. The summed E-state index contributed by atoms with van der Waals surface area (Å²) >= 11 is 0. The number of morpholine rings is 1. The average Bonchev–Trinajstić information content (AvgIpc) is 2.74. The summed E-state index contributed by atoms with van der Waals surface area (Å²) in [5, 5.41) is 0. The third kappa shape index (κ3) is 3.90. The van der Waals surface area contributed by atoms with Crippen LogP contribution in [0.15, 0.2) is 48.5 Å². The second-order valence-corrected chi connectivity index (χ2v) is 6.88. The first kappa shape index (κ1) is 17.8. The molecule has 2 aromatic rings. The molecule has 0 saturated carbocycles. The average molecular weight is 369 g/mol. The summed E-state index contributed by atoms with van der Waals surface area (Å²) < 4.78 is 18.9. The van der Waals surface area contributed by atoms with Crippen LogP contribution in [0.3, 0.4) is 0 Å². The van der Waals surface area contributed by atoms with Crippen LogP contribution in [0.4, 0.5) is 15.8 Å². The molecule has 142 valence electrons. The van der Waals surface area contributed by atoms with Crippen molar-refractivity contribution in [2.75, 3.05) is 62.3 Å². The lowest BCUT2D eigenvalue weighted by Crippen LogP contribution is -2.49. The van der Waals surface area contributed by atoms with Crippen molar-refractivity contribution < 1.29 is 13.9 Å². The third-order valence-electron chi connectivity index (χ3n) is 5.21. The Hall–Kier alpha value is -2.60. The zero-order chi connectivity index (χ0) is 18.6. The molecule has 0 aliphatic carbocycles. The minimum atomic E-state index is -0.376. The smallest absolute Gasteiger partial charge is 0.254 e. The quantitative estimate of drug-likeness (QED) is 0.833. The van der Waals surface area contributed by atoms with E-state index in [0.717, 1.165) is 39.4 Å². The summed E-state index contributed by atoms with van der Waals surface area (Å²) in [6.45, 7) is 6.10. The van der Waals surface area contributed by atoms with Gasteiger partial charge in [0.2, 0.25) is 0 Å². The second kappa shape index (κ2) is 7.96. The number of halogens is 1. The van der Waals surface area contributed by atoms with E-state index in [1.807, 2.05) is 4.90 Å². The van der Waals surface area contributed by atoms with Gasteiger partial charge in [-0.05, 0) is 30.3 Å². The molecule has 0 unspecified atom stereocenters. The number of para-hydroxylation sites is 2. The molecular formula is C21H24FN3O2. The van der Waals surface area contributed by atoms with Gasteiger partial charge in [0, 0.05) is 44.8 Å². The van der Waals surface area contributed by atoms with E-state index in [1.165, 1.54) is 23.5 Å². The molecule has 0 aromatic heterocycles. The van der Waals surface area contributed by atoms with Crippen molar-refractivity contribution in [1.29, 1.82) is 0 Å². The first-order valence-electron chi connectivity index (χ1n) is 9.44. The number of carbonyl (C=O) groups is 1. The number of benzene rings is 2. The van der Waals surface area contributed by atoms with E-state index in [1.54, 1.807) is 12.1 Å². The fourth-order valence-corrected chi connectivity index (χ4v) is 3.76. The first-order chi connectivity index (χ1) is 13.2. The Morgan fingerprint density at radius 2 is 1.44 bits per heavy atom. The van der Waals surface area contributed by atoms with Gasteiger partial charge in [-0.2, -0.15) is 0 Å². The summed E-state index contributed by atoms with van der Waals surface area (Å²) in [6.07, 6.45) is 0. The zero-order valence-corrected chi connectivity index (χ0v) is 15.3. The largest absolute Gasteiger partial charge is 0.378 e. The number of rotatable bonds is 3. The molecule has 0 N–H and O–H groups in total. The van der Waals surface area contributed by atoms with Crippen molar-refractivity contribution in [2.45, 2.75) is 0 Å². The number of ether oxygens (including phenoxy) is 1. The third-order valence-corrected chi connectivity index (χ3v) is 5.21. The molecular weight excluding hydrogens is 345 g/mol. The van der Waals surface area contributed by atoms with E-state index in [0.29, 0.717) is 18.7 Å². The van der Waals surface area contributed by atoms with E-state index in [9.17, 15) is 9.18 Å². The Bertz CT molecular complexity index is 800. The van der Waals surface area contributed by atoms with Gasteiger partial charge in [0.15, 0.2) is 0 Å². The number of amides is 1. The molecule has 0 atom stereocenters. The van der Waals surface area contributed by atoms with Gasteiger partial charge in [-0.3, -0.25) is 4.79 Å². The molecule has 0 spiro atoms. The fourth-order valence-electron chi connectivity index (χ4n) is 3.76. The number of piperazine rings is 1. The van der Waals surface area contributed by atoms with Crippen molar-refractivity contribution in [1.82, 2.24) is 4.90 Å². The van der Waals surface area contributed by atoms with Crippen molar-refractivity contribution in [3.05, 3.63) is 59.9 Å². The number of carbonyl (C=O) groups excluding carboxylic acids is 1. The Kier molecular flexibility index (Phi) is 5.25. The van der Waals surface area contributed by atoms with Crippen molar-refractivity contribution in [3.63, 3.8) is 0 Å². The van der Waals surface area contributed by atoms with Crippen LogP contribution in [0.5, 0.6) is 0 Å². The topological polar surface area (TPSA) is 36.0 Å². The highest BCUT2D eigenvalue weighted by molar-refractivity contribution is 5.94.